The number of carbonyl (C=O) groups excluding carboxylic acids is 1. The number of nitrogens with one attached hydrogen (secondary N) is 2. The first-order valence-corrected chi connectivity index (χ1v) is 6.93. The Morgan fingerprint density at radius 1 is 1.44 bits per heavy atom. The van der Waals surface area contributed by atoms with Gasteiger partial charge < -0.3 is 20.5 Å². The molecule has 0 aromatic rings. The minimum atomic E-state index is -0.136. The largest absolute Gasteiger partial charge is 0.396 e. The molecule has 0 aliphatic carbocycles. The van der Waals surface area contributed by atoms with Crippen molar-refractivity contribution in [2.75, 3.05) is 6.61 Å². The molecule has 2 amide bonds. The van der Waals surface area contributed by atoms with Crippen LogP contribution >= 0.6 is 0 Å². The second-order valence-corrected chi connectivity index (χ2v) is 5.70. The van der Waals surface area contributed by atoms with Gasteiger partial charge in [0.25, 0.3) is 0 Å². The summed E-state index contributed by atoms with van der Waals surface area (Å²) in [6.45, 7) is 4.18. The van der Waals surface area contributed by atoms with Crippen molar-refractivity contribution in [2.45, 2.75) is 63.8 Å². The Hall–Kier alpha value is -0.810. The van der Waals surface area contributed by atoms with E-state index < -0.39 is 0 Å². The van der Waals surface area contributed by atoms with Gasteiger partial charge in [0, 0.05) is 12.6 Å². The third-order valence-electron chi connectivity index (χ3n) is 3.98. The van der Waals surface area contributed by atoms with Crippen molar-refractivity contribution < 1.29 is 14.6 Å². The average molecular weight is 256 g/mol. The van der Waals surface area contributed by atoms with Crippen LogP contribution < -0.4 is 10.6 Å². The first-order valence-electron chi connectivity index (χ1n) is 6.93. The standard InChI is InChI=1S/C13H24N2O3/c1-8(2)10(5-6-16)14-13(17)15-11-7-9-3-4-12(11)18-9/h8-12,16H,3-7H2,1-2H3,(H2,14,15,17). The predicted molar refractivity (Wildman–Crippen MR) is 68.3 cm³/mol. The van der Waals surface area contributed by atoms with E-state index >= 15 is 0 Å². The van der Waals surface area contributed by atoms with Gasteiger partial charge in [0.05, 0.1) is 18.2 Å². The zero-order valence-corrected chi connectivity index (χ0v) is 11.2. The Morgan fingerprint density at radius 2 is 2.22 bits per heavy atom. The molecular weight excluding hydrogens is 232 g/mol. The molecule has 0 aromatic heterocycles. The molecule has 3 N–H and O–H groups in total. The maximum atomic E-state index is 11.9. The van der Waals surface area contributed by atoms with Crippen LogP contribution in [-0.2, 0) is 4.74 Å². The highest BCUT2D eigenvalue weighted by atomic mass is 16.5. The van der Waals surface area contributed by atoms with E-state index in [1.54, 1.807) is 0 Å². The predicted octanol–water partition coefficient (Wildman–Crippen LogP) is 1.01. The number of rotatable bonds is 5. The zero-order chi connectivity index (χ0) is 13.1. The lowest BCUT2D eigenvalue weighted by molar-refractivity contribution is 0.0979. The van der Waals surface area contributed by atoms with E-state index in [1.165, 1.54) is 0 Å². The number of urea groups is 1. The summed E-state index contributed by atoms with van der Waals surface area (Å²) >= 11 is 0. The second-order valence-electron chi connectivity index (χ2n) is 5.70. The molecule has 0 aromatic carbocycles. The van der Waals surface area contributed by atoms with Gasteiger partial charge >= 0.3 is 6.03 Å². The Labute approximate surface area is 108 Å². The molecule has 4 atom stereocenters. The molecule has 2 saturated heterocycles. The van der Waals surface area contributed by atoms with Crippen LogP contribution in [0.25, 0.3) is 0 Å². The lowest BCUT2D eigenvalue weighted by atomic mass is 9.95. The number of hydrogen-bond donors (Lipinski definition) is 3. The maximum absolute atomic E-state index is 11.9. The van der Waals surface area contributed by atoms with Crippen molar-refractivity contribution in [3.05, 3.63) is 0 Å². The van der Waals surface area contributed by atoms with Crippen LogP contribution in [0.15, 0.2) is 0 Å². The summed E-state index contributed by atoms with van der Waals surface area (Å²) in [4.78, 5) is 11.9. The topological polar surface area (TPSA) is 70.6 Å². The fraction of sp³-hybridized carbons (Fsp3) is 0.923. The monoisotopic (exact) mass is 256 g/mol. The molecule has 2 aliphatic heterocycles. The molecule has 5 heteroatoms. The zero-order valence-electron chi connectivity index (χ0n) is 11.2. The van der Waals surface area contributed by atoms with Crippen molar-refractivity contribution in [3.63, 3.8) is 0 Å². The second kappa shape index (κ2) is 5.89. The van der Waals surface area contributed by atoms with Gasteiger partial charge in [-0.25, -0.2) is 4.79 Å². The number of ether oxygens (including phenoxy) is 1. The molecule has 2 fully saturated rings. The Morgan fingerprint density at radius 3 is 2.72 bits per heavy atom. The molecule has 0 spiro atoms. The van der Waals surface area contributed by atoms with E-state index in [0.29, 0.717) is 18.4 Å². The summed E-state index contributed by atoms with van der Waals surface area (Å²) in [6.07, 6.45) is 4.27. The van der Waals surface area contributed by atoms with E-state index in [0.717, 1.165) is 19.3 Å². The molecular formula is C13H24N2O3. The third kappa shape index (κ3) is 3.14. The Bertz CT molecular complexity index is 290. The first kappa shape index (κ1) is 13.6. The fourth-order valence-electron chi connectivity index (χ4n) is 2.88. The van der Waals surface area contributed by atoms with E-state index in [2.05, 4.69) is 10.6 Å². The Kier molecular flexibility index (Phi) is 4.45. The molecule has 2 rings (SSSR count). The lowest BCUT2D eigenvalue weighted by Crippen LogP contribution is -2.50. The SMILES string of the molecule is CC(C)C(CCO)NC(=O)NC1CC2CCC1O2. The van der Waals surface area contributed by atoms with Gasteiger partial charge in [-0.2, -0.15) is 0 Å². The summed E-state index contributed by atoms with van der Waals surface area (Å²) in [6, 6.07) is 0.0449. The van der Waals surface area contributed by atoms with Gasteiger partial charge in [0.2, 0.25) is 0 Å². The smallest absolute Gasteiger partial charge is 0.315 e. The Balaban J connectivity index is 1.77. The van der Waals surface area contributed by atoms with Crippen LogP contribution in [0.3, 0.4) is 0 Å². The number of fused-ring (bicyclic) bond motifs is 2. The molecule has 0 radical (unpaired) electrons. The number of hydrogen-bond acceptors (Lipinski definition) is 3. The van der Waals surface area contributed by atoms with E-state index in [-0.39, 0.29) is 30.8 Å². The summed E-state index contributed by atoms with van der Waals surface area (Å²) in [7, 11) is 0. The van der Waals surface area contributed by atoms with Gasteiger partial charge in [-0.15, -0.1) is 0 Å². The molecule has 2 aliphatic rings. The van der Waals surface area contributed by atoms with Crippen LogP contribution in [0.2, 0.25) is 0 Å². The normalized spacial score (nSPS) is 31.7. The molecule has 5 nitrogen and oxygen atoms in total. The van der Waals surface area contributed by atoms with Gasteiger partial charge in [0.1, 0.15) is 0 Å². The molecule has 4 unspecified atom stereocenters. The van der Waals surface area contributed by atoms with Gasteiger partial charge in [-0.3, -0.25) is 0 Å². The molecule has 18 heavy (non-hydrogen) atoms. The van der Waals surface area contributed by atoms with Crippen molar-refractivity contribution in [3.8, 4) is 0 Å². The summed E-state index contributed by atoms with van der Waals surface area (Å²) in [5.74, 6) is 0.319. The molecule has 2 bridgehead atoms. The third-order valence-corrected chi connectivity index (χ3v) is 3.98. The van der Waals surface area contributed by atoms with Gasteiger partial charge in [0.15, 0.2) is 0 Å². The van der Waals surface area contributed by atoms with Crippen molar-refractivity contribution in [2.24, 2.45) is 5.92 Å². The number of aliphatic hydroxyl groups is 1. The van der Waals surface area contributed by atoms with Crippen molar-refractivity contribution >= 4 is 6.03 Å². The number of carbonyl (C=O) groups is 1. The van der Waals surface area contributed by atoms with E-state index in [4.69, 9.17) is 9.84 Å². The van der Waals surface area contributed by atoms with E-state index in [9.17, 15) is 4.79 Å². The summed E-state index contributed by atoms with van der Waals surface area (Å²) < 4.78 is 5.70. The van der Waals surface area contributed by atoms with Crippen molar-refractivity contribution in [1.29, 1.82) is 0 Å². The molecule has 2 heterocycles. The van der Waals surface area contributed by atoms with Crippen LogP contribution in [0.4, 0.5) is 4.79 Å². The lowest BCUT2D eigenvalue weighted by Gasteiger charge is -2.25. The highest BCUT2D eigenvalue weighted by Crippen LogP contribution is 2.34. The molecule has 0 saturated carbocycles. The fourth-order valence-corrected chi connectivity index (χ4v) is 2.88. The summed E-state index contributed by atoms with van der Waals surface area (Å²) in [5.41, 5.74) is 0. The van der Waals surface area contributed by atoms with Crippen LogP contribution in [0, 0.1) is 5.92 Å². The average Bonchev–Trinajstić information content (AvgIpc) is 2.90. The highest BCUT2D eigenvalue weighted by Gasteiger charge is 2.41. The van der Waals surface area contributed by atoms with Gasteiger partial charge in [-0.1, -0.05) is 13.8 Å². The molecule has 104 valence electrons. The van der Waals surface area contributed by atoms with Crippen LogP contribution in [0.1, 0.15) is 39.5 Å². The number of amides is 2. The van der Waals surface area contributed by atoms with Crippen LogP contribution in [-0.4, -0.2) is 42.0 Å². The highest BCUT2D eigenvalue weighted by molar-refractivity contribution is 5.74. The van der Waals surface area contributed by atoms with Crippen molar-refractivity contribution in [1.82, 2.24) is 10.6 Å². The first-order chi connectivity index (χ1) is 8.60. The number of aliphatic hydroxyl groups excluding tert-OH is 1. The maximum Gasteiger partial charge on any atom is 0.315 e. The van der Waals surface area contributed by atoms with Crippen LogP contribution in [0.5, 0.6) is 0 Å². The van der Waals surface area contributed by atoms with Gasteiger partial charge in [-0.05, 0) is 31.6 Å². The summed E-state index contributed by atoms with van der Waals surface area (Å²) in [5, 5.41) is 14.9. The minimum absolute atomic E-state index is 0.0227. The quantitative estimate of drug-likeness (QED) is 0.687. The van der Waals surface area contributed by atoms with E-state index in [1.807, 2.05) is 13.8 Å². The minimum Gasteiger partial charge on any atom is -0.396 e.